The van der Waals surface area contributed by atoms with Crippen molar-refractivity contribution in [2.45, 2.75) is 32.7 Å². The molecule has 2 unspecified atom stereocenters. The average Bonchev–Trinajstić information content (AvgIpc) is 2.50. The maximum absolute atomic E-state index is 5.83. The van der Waals surface area contributed by atoms with Gasteiger partial charge >= 0.3 is 0 Å². The van der Waals surface area contributed by atoms with Crippen molar-refractivity contribution in [2.24, 2.45) is 5.92 Å². The minimum absolute atomic E-state index is 0.303. The predicted octanol–water partition coefficient (Wildman–Crippen LogP) is 4.99. The van der Waals surface area contributed by atoms with Crippen LogP contribution in [-0.4, -0.2) is 6.61 Å². The van der Waals surface area contributed by atoms with Crippen LogP contribution in [0.1, 0.15) is 43.9 Å². The molecule has 2 aromatic carbocycles. The van der Waals surface area contributed by atoms with Crippen LogP contribution in [0.2, 0.25) is 0 Å². The minimum Gasteiger partial charge on any atom is -0.493 e. The first-order valence-corrected chi connectivity index (χ1v) is 7.73. The van der Waals surface area contributed by atoms with E-state index in [9.17, 15) is 0 Å². The van der Waals surface area contributed by atoms with Gasteiger partial charge in [0.15, 0.2) is 0 Å². The van der Waals surface area contributed by atoms with Crippen molar-refractivity contribution in [3.8, 4) is 5.75 Å². The first-order valence-electron chi connectivity index (χ1n) is 7.73. The molecule has 1 heterocycles. The molecule has 0 bridgehead atoms. The van der Waals surface area contributed by atoms with Crippen molar-refractivity contribution in [2.75, 3.05) is 11.9 Å². The Morgan fingerprint density at radius 3 is 2.71 bits per heavy atom. The van der Waals surface area contributed by atoms with Gasteiger partial charge in [0.2, 0.25) is 0 Å². The molecule has 2 nitrogen and oxygen atoms in total. The van der Waals surface area contributed by atoms with Crippen LogP contribution in [0.5, 0.6) is 5.75 Å². The van der Waals surface area contributed by atoms with E-state index in [1.807, 2.05) is 6.07 Å². The Bertz CT molecular complexity index is 620. The van der Waals surface area contributed by atoms with Gasteiger partial charge in [0, 0.05) is 17.2 Å². The zero-order valence-electron chi connectivity index (χ0n) is 13.0. The summed E-state index contributed by atoms with van der Waals surface area (Å²) >= 11 is 0. The molecule has 21 heavy (non-hydrogen) atoms. The summed E-state index contributed by atoms with van der Waals surface area (Å²) in [4.78, 5) is 0. The highest BCUT2D eigenvalue weighted by atomic mass is 16.5. The SMILES string of the molecule is CC(C)c1cccc(NC2c3ccccc3OCC2C)c1. The normalized spacial score (nSPS) is 20.8. The lowest BCUT2D eigenvalue weighted by Gasteiger charge is -2.33. The highest BCUT2D eigenvalue weighted by molar-refractivity contribution is 5.51. The van der Waals surface area contributed by atoms with E-state index in [-0.39, 0.29) is 0 Å². The largest absolute Gasteiger partial charge is 0.493 e. The Morgan fingerprint density at radius 1 is 1.10 bits per heavy atom. The lowest BCUT2D eigenvalue weighted by molar-refractivity contribution is 0.214. The minimum atomic E-state index is 0.303. The van der Waals surface area contributed by atoms with E-state index >= 15 is 0 Å². The Labute approximate surface area is 127 Å². The van der Waals surface area contributed by atoms with Crippen molar-refractivity contribution < 1.29 is 4.74 Å². The number of hydrogen-bond acceptors (Lipinski definition) is 2. The molecule has 0 fully saturated rings. The first kappa shape index (κ1) is 14.0. The second-order valence-corrected chi connectivity index (χ2v) is 6.23. The Kier molecular flexibility index (Phi) is 3.87. The third-order valence-corrected chi connectivity index (χ3v) is 4.20. The molecule has 0 aliphatic carbocycles. The van der Waals surface area contributed by atoms with Gasteiger partial charge in [-0.2, -0.15) is 0 Å². The van der Waals surface area contributed by atoms with Crippen LogP contribution in [0.3, 0.4) is 0 Å². The molecule has 0 aromatic heterocycles. The summed E-state index contributed by atoms with van der Waals surface area (Å²) in [6.45, 7) is 7.45. The fourth-order valence-corrected chi connectivity index (χ4v) is 2.88. The number of hydrogen-bond donors (Lipinski definition) is 1. The Morgan fingerprint density at radius 2 is 1.90 bits per heavy atom. The number of anilines is 1. The van der Waals surface area contributed by atoms with E-state index < -0.39 is 0 Å². The van der Waals surface area contributed by atoms with Gasteiger partial charge < -0.3 is 10.1 Å². The second-order valence-electron chi connectivity index (χ2n) is 6.23. The van der Waals surface area contributed by atoms with E-state index in [2.05, 4.69) is 68.6 Å². The van der Waals surface area contributed by atoms with E-state index in [0.717, 1.165) is 12.4 Å². The molecule has 0 amide bonds. The molecule has 0 radical (unpaired) electrons. The zero-order valence-corrected chi connectivity index (χ0v) is 13.0. The number of nitrogens with one attached hydrogen (secondary N) is 1. The zero-order chi connectivity index (χ0) is 14.8. The Hall–Kier alpha value is -1.96. The van der Waals surface area contributed by atoms with Crippen LogP contribution in [0, 0.1) is 5.92 Å². The molecule has 2 aromatic rings. The van der Waals surface area contributed by atoms with Crippen molar-refractivity contribution in [1.82, 2.24) is 0 Å². The molecule has 110 valence electrons. The van der Waals surface area contributed by atoms with Crippen molar-refractivity contribution in [1.29, 1.82) is 0 Å². The molecular formula is C19H23NO. The molecule has 1 aliphatic rings. The molecule has 2 heteroatoms. The molecule has 2 atom stereocenters. The fourth-order valence-electron chi connectivity index (χ4n) is 2.88. The topological polar surface area (TPSA) is 21.3 Å². The molecule has 3 rings (SSSR count). The summed E-state index contributed by atoms with van der Waals surface area (Å²) in [5, 5.41) is 3.70. The average molecular weight is 281 g/mol. The van der Waals surface area contributed by atoms with Gasteiger partial charge in [0.05, 0.1) is 12.6 Å². The fraction of sp³-hybridized carbons (Fsp3) is 0.368. The number of rotatable bonds is 3. The van der Waals surface area contributed by atoms with Crippen LogP contribution in [0.15, 0.2) is 48.5 Å². The number of benzene rings is 2. The maximum atomic E-state index is 5.83. The molecule has 0 saturated carbocycles. The van der Waals surface area contributed by atoms with Gasteiger partial charge in [-0.1, -0.05) is 51.1 Å². The lowest BCUT2D eigenvalue weighted by atomic mass is 9.91. The third kappa shape index (κ3) is 2.90. The van der Waals surface area contributed by atoms with E-state index in [1.54, 1.807) is 0 Å². The molecule has 1 N–H and O–H groups in total. The summed E-state index contributed by atoms with van der Waals surface area (Å²) in [5.74, 6) is 2.00. The molecular weight excluding hydrogens is 258 g/mol. The van der Waals surface area contributed by atoms with Gasteiger partial charge in [0.25, 0.3) is 0 Å². The quantitative estimate of drug-likeness (QED) is 0.855. The second kappa shape index (κ2) is 5.80. The van der Waals surface area contributed by atoms with Gasteiger partial charge in [0.1, 0.15) is 5.75 Å². The van der Waals surface area contributed by atoms with Gasteiger partial charge in [-0.15, -0.1) is 0 Å². The third-order valence-electron chi connectivity index (χ3n) is 4.20. The summed E-state index contributed by atoms with van der Waals surface area (Å²) in [7, 11) is 0. The monoisotopic (exact) mass is 281 g/mol. The van der Waals surface area contributed by atoms with E-state index in [4.69, 9.17) is 4.74 Å². The lowest BCUT2D eigenvalue weighted by Crippen LogP contribution is -2.28. The predicted molar refractivity (Wildman–Crippen MR) is 88.0 cm³/mol. The van der Waals surface area contributed by atoms with Gasteiger partial charge in [-0.05, 0) is 29.7 Å². The number of fused-ring (bicyclic) bond motifs is 1. The maximum Gasteiger partial charge on any atom is 0.124 e. The van der Waals surface area contributed by atoms with Gasteiger partial charge in [-0.3, -0.25) is 0 Å². The van der Waals surface area contributed by atoms with Crippen LogP contribution in [0.4, 0.5) is 5.69 Å². The summed E-state index contributed by atoms with van der Waals surface area (Å²) < 4.78 is 5.83. The highest BCUT2D eigenvalue weighted by Gasteiger charge is 2.27. The summed E-state index contributed by atoms with van der Waals surface area (Å²) in [6, 6.07) is 17.4. The highest BCUT2D eigenvalue weighted by Crippen LogP contribution is 2.37. The van der Waals surface area contributed by atoms with Crippen molar-refractivity contribution >= 4 is 5.69 Å². The van der Waals surface area contributed by atoms with Crippen molar-refractivity contribution in [3.05, 3.63) is 59.7 Å². The summed E-state index contributed by atoms with van der Waals surface area (Å²) in [5.41, 5.74) is 3.81. The Balaban J connectivity index is 1.89. The van der Waals surface area contributed by atoms with E-state index in [1.165, 1.54) is 16.8 Å². The smallest absolute Gasteiger partial charge is 0.124 e. The molecule has 0 spiro atoms. The van der Waals surface area contributed by atoms with Crippen LogP contribution in [0.25, 0.3) is 0 Å². The van der Waals surface area contributed by atoms with Crippen LogP contribution < -0.4 is 10.1 Å². The van der Waals surface area contributed by atoms with Crippen LogP contribution >= 0.6 is 0 Å². The summed E-state index contributed by atoms with van der Waals surface area (Å²) in [6.07, 6.45) is 0. The first-order chi connectivity index (χ1) is 10.1. The number of para-hydroxylation sites is 1. The standard InChI is InChI=1S/C19H23NO/c1-13(2)15-7-6-8-16(11-15)20-19-14(3)12-21-18-10-5-4-9-17(18)19/h4-11,13-14,19-20H,12H2,1-3H3. The van der Waals surface area contributed by atoms with E-state index in [0.29, 0.717) is 17.9 Å². The van der Waals surface area contributed by atoms with Crippen LogP contribution in [-0.2, 0) is 0 Å². The molecule has 0 saturated heterocycles. The number of ether oxygens (including phenoxy) is 1. The van der Waals surface area contributed by atoms with Gasteiger partial charge in [-0.25, -0.2) is 0 Å². The molecule has 1 aliphatic heterocycles. The van der Waals surface area contributed by atoms with Crippen molar-refractivity contribution in [3.63, 3.8) is 0 Å².